The molecule has 1 aliphatic carbocycles. The van der Waals surface area contributed by atoms with Gasteiger partial charge in [0.2, 0.25) is 15.0 Å². The molecular formula is C22H29FN4O3S2. The molecule has 0 spiro atoms. The summed E-state index contributed by atoms with van der Waals surface area (Å²) in [7, 11) is -3.87. The summed E-state index contributed by atoms with van der Waals surface area (Å²) in [4.78, 5) is 6.41. The molecule has 7 nitrogen and oxygen atoms in total. The SMILES string of the molecule is CCNC(=S)N(Cc1cnc(S(=O)(=O)Cc2ccccc2F)n1C[C@H]1CCCO1)C1CC1. The Morgan fingerprint density at radius 2 is 2.12 bits per heavy atom. The molecule has 2 aliphatic rings. The summed E-state index contributed by atoms with van der Waals surface area (Å²) in [5.41, 5.74) is 0.897. The lowest BCUT2D eigenvalue weighted by atomic mass is 10.2. The van der Waals surface area contributed by atoms with Crippen molar-refractivity contribution >= 4 is 27.2 Å². The summed E-state index contributed by atoms with van der Waals surface area (Å²) in [5, 5.41) is 3.82. The molecule has 0 amide bonds. The Bertz CT molecular complexity index is 1060. The molecule has 1 N–H and O–H groups in total. The molecule has 1 aromatic heterocycles. The van der Waals surface area contributed by atoms with Gasteiger partial charge in [0.1, 0.15) is 5.82 Å². The van der Waals surface area contributed by atoms with E-state index in [1.165, 1.54) is 12.1 Å². The summed E-state index contributed by atoms with van der Waals surface area (Å²) in [5.74, 6) is -0.978. The van der Waals surface area contributed by atoms with Crippen molar-refractivity contribution < 1.29 is 17.5 Å². The zero-order chi connectivity index (χ0) is 22.7. The first kappa shape index (κ1) is 23.1. The van der Waals surface area contributed by atoms with Crippen LogP contribution in [0.2, 0.25) is 0 Å². The predicted molar refractivity (Wildman–Crippen MR) is 123 cm³/mol. The van der Waals surface area contributed by atoms with Crippen LogP contribution in [0.25, 0.3) is 0 Å². The summed E-state index contributed by atoms with van der Waals surface area (Å²) < 4.78 is 48.2. The Hall–Kier alpha value is -2.04. The third-order valence-corrected chi connectivity index (χ3v) is 7.75. The number of nitrogens with zero attached hydrogens (tertiary/aromatic N) is 3. The van der Waals surface area contributed by atoms with E-state index in [4.69, 9.17) is 17.0 Å². The van der Waals surface area contributed by atoms with Crippen LogP contribution in [0, 0.1) is 5.82 Å². The molecule has 1 atom stereocenters. The number of sulfone groups is 1. The van der Waals surface area contributed by atoms with E-state index in [2.05, 4.69) is 15.2 Å². The third kappa shape index (κ3) is 5.29. The van der Waals surface area contributed by atoms with Crippen molar-refractivity contribution in [2.24, 2.45) is 0 Å². The van der Waals surface area contributed by atoms with Crippen LogP contribution >= 0.6 is 12.2 Å². The number of thiocarbonyl (C=S) groups is 1. The monoisotopic (exact) mass is 480 g/mol. The molecule has 1 aromatic carbocycles. The Kier molecular flexibility index (Phi) is 7.11. The first-order chi connectivity index (χ1) is 15.4. The average Bonchev–Trinajstić information content (AvgIpc) is 3.30. The van der Waals surface area contributed by atoms with Gasteiger partial charge in [0.25, 0.3) is 0 Å². The van der Waals surface area contributed by atoms with Crippen molar-refractivity contribution in [3.05, 3.63) is 47.5 Å². The average molecular weight is 481 g/mol. The number of halogens is 1. The second-order valence-corrected chi connectivity index (χ2v) is 10.6. The maximum atomic E-state index is 14.2. The number of benzene rings is 1. The molecule has 1 saturated carbocycles. The zero-order valence-corrected chi connectivity index (χ0v) is 19.8. The highest BCUT2D eigenvalue weighted by atomic mass is 32.2. The molecule has 1 aliphatic heterocycles. The van der Waals surface area contributed by atoms with Crippen molar-refractivity contribution in [2.45, 2.75) is 68.8 Å². The van der Waals surface area contributed by atoms with Gasteiger partial charge < -0.3 is 19.5 Å². The summed E-state index contributed by atoms with van der Waals surface area (Å²) in [6.07, 6.45) is 5.47. The molecule has 0 bridgehead atoms. The van der Waals surface area contributed by atoms with Gasteiger partial charge in [-0.3, -0.25) is 0 Å². The van der Waals surface area contributed by atoms with Gasteiger partial charge in [-0.1, -0.05) is 18.2 Å². The Morgan fingerprint density at radius 3 is 2.78 bits per heavy atom. The second kappa shape index (κ2) is 9.84. The van der Waals surface area contributed by atoms with Gasteiger partial charge in [-0.05, 0) is 50.9 Å². The fraction of sp³-hybridized carbons (Fsp3) is 0.545. The minimum atomic E-state index is -3.87. The summed E-state index contributed by atoms with van der Waals surface area (Å²) in [6.45, 7) is 4.25. The highest BCUT2D eigenvalue weighted by Crippen LogP contribution is 2.30. The van der Waals surface area contributed by atoms with Crippen molar-refractivity contribution in [3.8, 4) is 0 Å². The van der Waals surface area contributed by atoms with Crippen molar-refractivity contribution in [3.63, 3.8) is 0 Å². The van der Waals surface area contributed by atoms with Gasteiger partial charge in [0.15, 0.2) is 5.11 Å². The topological polar surface area (TPSA) is 76.5 Å². The number of hydrogen-bond donors (Lipinski definition) is 1. The van der Waals surface area contributed by atoms with Gasteiger partial charge in [-0.25, -0.2) is 17.8 Å². The van der Waals surface area contributed by atoms with Crippen LogP contribution in [0.4, 0.5) is 4.39 Å². The number of aromatic nitrogens is 2. The van der Waals surface area contributed by atoms with E-state index in [-0.39, 0.29) is 16.8 Å². The van der Waals surface area contributed by atoms with E-state index in [9.17, 15) is 12.8 Å². The molecule has 2 aromatic rings. The minimum absolute atomic E-state index is 0.0450. The third-order valence-electron chi connectivity index (χ3n) is 5.80. The molecule has 4 rings (SSSR count). The standard InChI is InChI=1S/C22H29FN4O3S2/c1-2-24-21(31)26(17-9-10-17)13-18-12-25-22(27(18)14-19-7-5-11-30-19)32(28,29)15-16-6-3-4-8-20(16)23/h3-4,6,8,12,17,19H,2,5,7,9-11,13-15H2,1H3,(H,24,31)/t19-/m1/s1. The predicted octanol–water partition coefficient (Wildman–Crippen LogP) is 3.03. The number of nitrogens with one attached hydrogen (secondary N) is 1. The first-order valence-electron chi connectivity index (χ1n) is 11.1. The quantitative estimate of drug-likeness (QED) is 0.553. The number of hydrogen-bond acceptors (Lipinski definition) is 5. The molecule has 1 saturated heterocycles. The largest absolute Gasteiger partial charge is 0.376 e. The van der Waals surface area contributed by atoms with Gasteiger partial charge in [0.05, 0.1) is 36.8 Å². The van der Waals surface area contributed by atoms with Crippen LogP contribution in [0.5, 0.6) is 0 Å². The smallest absolute Gasteiger partial charge is 0.228 e. The summed E-state index contributed by atoms with van der Waals surface area (Å²) >= 11 is 5.56. The van der Waals surface area contributed by atoms with Crippen molar-refractivity contribution in [1.29, 1.82) is 0 Å². The maximum Gasteiger partial charge on any atom is 0.228 e. The Labute approximate surface area is 193 Å². The van der Waals surface area contributed by atoms with Crippen LogP contribution in [0.15, 0.2) is 35.6 Å². The van der Waals surface area contributed by atoms with Gasteiger partial charge in [-0.2, -0.15) is 0 Å². The summed E-state index contributed by atoms with van der Waals surface area (Å²) in [6, 6.07) is 6.29. The Morgan fingerprint density at radius 1 is 1.34 bits per heavy atom. The first-order valence-corrected chi connectivity index (χ1v) is 13.1. The molecule has 2 fully saturated rings. The highest BCUT2D eigenvalue weighted by Gasteiger charge is 2.33. The molecule has 32 heavy (non-hydrogen) atoms. The molecular weight excluding hydrogens is 451 g/mol. The van der Waals surface area contributed by atoms with E-state index in [0.717, 1.165) is 37.9 Å². The molecule has 0 unspecified atom stereocenters. The van der Waals surface area contributed by atoms with Crippen LogP contribution in [-0.4, -0.2) is 53.3 Å². The molecule has 0 radical (unpaired) electrons. The molecule has 2 heterocycles. The van der Waals surface area contributed by atoms with E-state index < -0.39 is 21.4 Å². The molecule has 174 valence electrons. The van der Waals surface area contributed by atoms with Crippen LogP contribution in [0.1, 0.15) is 43.9 Å². The van der Waals surface area contributed by atoms with Gasteiger partial charge in [0, 0.05) is 24.8 Å². The minimum Gasteiger partial charge on any atom is -0.376 e. The van der Waals surface area contributed by atoms with Crippen LogP contribution in [-0.2, 0) is 33.4 Å². The lowest BCUT2D eigenvalue weighted by Gasteiger charge is -2.26. The van der Waals surface area contributed by atoms with E-state index in [0.29, 0.717) is 30.9 Å². The maximum absolute atomic E-state index is 14.2. The lowest BCUT2D eigenvalue weighted by Crippen LogP contribution is -2.41. The number of imidazole rings is 1. The van der Waals surface area contributed by atoms with Crippen molar-refractivity contribution in [2.75, 3.05) is 13.2 Å². The number of rotatable bonds is 9. The van der Waals surface area contributed by atoms with E-state index in [1.54, 1.807) is 22.9 Å². The fourth-order valence-corrected chi connectivity index (χ4v) is 5.89. The highest BCUT2D eigenvalue weighted by molar-refractivity contribution is 7.90. The Balaban J connectivity index is 1.65. The van der Waals surface area contributed by atoms with Gasteiger partial charge >= 0.3 is 0 Å². The zero-order valence-electron chi connectivity index (χ0n) is 18.2. The number of ether oxygens (including phenoxy) is 1. The fourth-order valence-electron chi connectivity index (χ4n) is 4.02. The van der Waals surface area contributed by atoms with E-state index in [1.807, 2.05) is 6.92 Å². The van der Waals surface area contributed by atoms with Crippen molar-refractivity contribution in [1.82, 2.24) is 19.8 Å². The van der Waals surface area contributed by atoms with Crippen LogP contribution < -0.4 is 5.32 Å². The van der Waals surface area contributed by atoms with Gasteiger partial charge in [-0.15, -0.1) is 0 Å². The lowest BCUT2D eigenvalue weighted by molar-refractivity contribution is 0.0936. The van der Waals surface area contributed by atoms with Crippen LogP contribution in [0.3, 0.4) is 0 Å². The second-order valence-electron chi connectivity index (χ2n) is 8.32. The van der Waals surface area contributed by atoms with E-state index >= 15 is 0 Å². The normalized spacial score (nSPS) is 18.6. The molecule has 10 heteroatoms.